The summed E-state index contributed by atoms with van der Waals surface area (Å²) in [4.78, 5) is 13.8. The molecule has 0 unspecified atom stereocenters. The van der Waals surface area contributed by atoms with E-state index in [1.807, 2.05) is 0 Å². The van der Waals surface area contributed by atoms with Crippen molar-refractivity contribution >= 4 is 50.0 Å². The predicted octanol–water partition coefficient (Wildman–Crippen LogP) is 3.60. The lowest BCUT2D eigenvalue weighted by atomic mass is 10.2. The first-order chi connectivity index (χ1) is 6.58. The van der Waals surface area contributed by atoms with Gasteiger partial charge < -0.3 is 4.98 Å². The van der Waals surface area contributed by atoms with Crippen molar-refractivity contribution in [2.45, 2.75) is 0 Å². The molecule has 1 aromatic carbocycles. The normalized spacial score (nSPS) is 10.8. The molecule has 0 atom stereocenters. The van der Waals surface area contributed by atoms with Crippen LogP contribution in [-0.2, 0) is 0 Å². The second-order valence-electron chi connectivity index (χ2n) is 2.79. The van der Waals surface area contributed by atoms with Gasteiger partial charge in [0, 0.05) is 15.9 Å². The predicted molar refractivity (Wildman–Crippen MR) is 62.3 cm³/mol. The lowest BCUT2D eigenvalue weighted by molar-refractivity contribution is 1.30. The minimum Gasteiger partial charge on any atom is -0.322 e. The molecule has 0 aliphatic carbocycles. The average Bonchev–Trinajstić information content (AvgIpc) is 2.08. The van der Waals surface area contributed by atoms with E-state index in [1.54, 1.807) is 12.1 Å². The molecule has 2 rings (SSSR count). The molecule has 0 aliphatic rings. The van der Waals surface area contributed by atoms with Crippen LogP contribution >= 0.6 is 39.1 Å². The number of fused-ring (bicyclic) bond motifs is 1. The fourth-order valence-corrected chi connectivity index (χ4v) is 1.97. The van der Waals surface area contributed by atoms with Crippen molar-refractivity contribution in [3.05, 3.63) is 43.1 Å². The van der Waals surface area contributed by atoms with Gasteiger partial charge in [0.15, 0.2) is 0 Å². The van der Waals surface area contributed by atoms with Gasteiger partial charge in [0.05, 0.1) is 15.6 Å². The maximum absolute atomic E-state index is 11.1. The molecule has 0 fully saturated rings. The smallest absolute Gasteiger partial charge is 0.249 e. The monoisotopic (exact) mass is 291 g/mol. The van der Waals surface area contributed by atoms with E-state index in [2.05, 4.69) is 20.9 Å². The Morgan fingerprint density at radius 3 is 2.57 bits per heavy atom. The third kappa shape index (κ3) is 1.67. The van der Waals surface area contributed by atoms with Crippen molar-refractivity contribution in [2.75, 3.05) is 0 Å². The molecule has 5 heteroatoms. The summed E-state index contributed by atoms with van der Waals surface area (Å²) in [6.45, 7) is 0. The maximum Gasteiger partial charge on any atom is 0.249 e. The van der Waals surface area contributed by atoms with Crippen molar-refractivity contribution in [3.63, 3.8) is 0 Å². The minimum absolute atomic E-state index is 0.225. The second kappa shape index (κ2) is 3.57. The third-order valence-electron chi connectivity index (χ3n) is 1.83. The number of benzene rings is 1. The first kappa shape index (κ1) is 10.0. The lowest BCUT2D eigenvalue weighted by Gasteiger charge is -2.02. The van der Waals surface area contributed by atoms with Gasteiger partial charge in [0.1, 0.15) is 0 Å². The van der Waals surface area contributed by atoms with E-state index in [0.29, 0.717) is 15.6 Å². The number of aromatic amines is 1. The number of rotatable bonds is 0. The van der Waals surface area contributed by atoms with Crippen molar-refractivity contribution in [3.8, 4) is 0 Å². The molecule has 0 amide bonds. The lowest BCUT2D eigenvalue weighted by Crippen LogP contribution is -2.03. The summed E-state index contributed by atoms with van der Waals surface area (Å²) in [5, 5.41) is 1.70. The summed E-state index contributed by atoms with van der Waals surface area (Å²) in [7, 11) is 0. The van der Waals surface area contributed by atoms with Crippen molar-refractivity contribution in [2.24, 2.45) is 0 Å². The largest absolute Gasteiger partial charge is 0.322 e. The van der Waals surface area contributed by atoms with Gasteiger partial charge in [-0.05, 0) is 28.1 Å². The standard InChI is InChI=1S/C9H4BrCl2NO/c10-5-2-8-4(1-7(5)12)6(11)3-9(14)13-8/h1-3H,(H,13,14). The van der Waals surface area contributed by atoms with E-state index in [4.69, 9.17) is 23.2 Å². The van der Waals surface area contributed by atoms with Crippen LogP contribution in [0, 0.1) is 0 Å². The van der Waals surface area contributed by atoms with Crippen LogP contribution in [0.3, 0.4) is 0 Å². The Labute approximate surface area is 98.0 Å². The molecule has 0 saturated heterocycles. The van der Waals surface area contributed by atoms with Crippen LogP contribution in [0.1, 0.15) is 0 Å². The summed E-state index contributed by atoms with van der Waals surface area (Å²) in [5.41, 5.74) is 0.440. The van der Waals surface area contributed by atoms with Gasteiger partial charge in [-0.15, -0.1) is 0 Å². The molecule has 0 saturated carbocycles. The minimum atomic E-state index is -0.225. The topological polar surface area (TPSA) is 32.9 Å². The molecule has 1 aromatic heterocycles. The van der Waals surface area contributed by atoms with Crippen LogP contribution in [0.15, 0.2) is 27.5 Å². The average molecular weight is 293 g/mol. The fourth-order valence-electron chi connectivity index (χ4n) is 1.21. The number of pyridine rings is 1. The molecule has 0 bridgehead atoms. The van der Waals surface area contributed by atoms with E-state index in [9.17, 15) is 4.79 Å². The van der Waals surface area contributed by atoms with Gasteiger partial charge in [0.2, 0.25) is 5.56 Å². The zero-order chi connectivity index (χ0) is 10.3. The molecular weight excluding hydrogens is 289 g/mol. The Balaban J connectivity index is 2.96. The van der Waals surface area contributed by atoms with E-state index in [0.717, 1.165) is 9.86 Å². The summed E-state index contributed by atoms with van der Waals surface area (Å²) < 4.78 is 0.726. The van der Waals surface area contributed by atoms with Crippen LogP contribution in [-0.4, -0.2) is 4.98 Å². The zero-order valence-corrected chi connectivity index (χ0v) is 9.87. The van der Waals surface area contributed by atoms with E-state index < -0.39 is 0 Å². The SMILES string of the molecule is O=c1cc(Cl)c2cc(Cl)c(Br)cc2[nH]1. The Hall–Kier alpha value is -0.510. The molecule has 1 heterocycles. The summed E-state index contributed by atoms with van der Waals surface area (Å²) in [6, 6.07) is 4.76. The molecule has 72 valence electrons. The van der Waals surface area contributed by atoms with Crippen LogP contribution in [0.5, 0.6) is 0 Å². The molecule has 2 aromatic rings. The molecule has 14 heavy (non-hydrogen) atoms. The van der Waals surface area contributed by atoms with Crippen LogP contribution in [0.25, 0.3) is 10.9 Å². The Kier molecular flexibility index (Phi) is 2.56. The number of H-pyrrole nitrogens is 1. The number of aromatic nitrogens is 1. The molecule has 1 N–H and O–H groups in total. The van der Waals surface area contributed by atoms with E-state index in [-0.39, 0.29) is 5.56 Å². The molecule has 0 aliphatic heterocycles. The van der Waals surface area contributed by atoms with Crippen LogP contribution < -0.4 is 5.56 Å². The highest BCUT2D eigenvalue weighted by atomic mass is 79.9. The van der Waals surface area contributed by atoms with Gasteiger partial charge in [-0.25, -0.2) is 0 Å². The van der Waals surface area contributed by atoms with Crippen molar-refractivity contribution in [1.82, 2.24) is 4.98 Å². The van der Waals surface area contributed by atoms with E-state index in [1.165, 1.54) is 6.07 Å². The fraction of sp³-hybridized carbons (Fsp3) is 0. The van der Waals surface area contributed by atoms with Gasteiger partial charge in [0.25, 0.3) is 0 Å². The molecule has 0 spiro atoms. The molecular formula is C9H4BrCl2NO. The van der Waals surface area contributed by atoms with Gasteiger partial charge >= 0.3 is 0 Å². The molecule has 0 radical (unpaired) electrons. The Morgan fingerprint density at radius 2 is 1.86 bits per heavy atom. The Bertz CT molecular complexity index is 564. The molecule has 2 nitrogen and oxygen atoms in total. The van der Waals surface area contributed by atoms with Crippen molar-refractivity contribution < 1.29 is 0 Å². The number of nitrogens with one attached hydrogen (secondary N) is 1. The number of hydrogen-bond donors (Lipinski definition) is 1. The second-order valence-corrected chi connectivity index (χ2v) is 4.46. The number of halogens is 3. The van der Waals surface area contributed by atoms with E-state index >= 15 is 0 Å². The van der Waals surface area contributed by atoms with Gasteiger partial charge in [-0.3, -0.25) is 4.79 Å². The third-order valence-corrected chi connectivity index (χ3v) is 3.34. The highest BCUT2D eigenvalue weighted by Crippen LogP contribution is 2.29. The zero-order valence-electron chi connectivity index (χ0n) is 6.77. The first-order valence-corrected chi connectivity index (χ1v) is 5.30. The highest BCUT2D eigenvalue weighted by molar-refractivity contribution is 9.10. The highest BCUT2D eigenvalue weighted by Gasteiger charge is 2.05. The van der Waals surface area contributed by atoms with Gasteiger partial charge in [-0.1, -0.05) is 23.2 Å². The summed E-state index contributed by atoms with van der Waals surface area (Å²) in [5.74, 6) is 0. The summed E-state index contributed by atoms with van der Waals surface area (Å²) >= 11 is 15.1. The first-order valence-electron chi connectivity index (χ1n) is 3.75. The van der Waals surface area contributed by atoms with Gasteiger partial charge in [-0.2, -0.15) is 0 Å². The quantitative estimate of drug-likeness (QED) is 0.791. The Morgan fingerprint density at radius 1 is 1.14 bits per heavy atom. The van der Waals surface area contributed by atoms with Crippen molar-refractivity contribution in [1.29, 1.82) is 0 Å². The maximum atomic E-state index is 11.1. The van der Waals surface area contributed by atoms with Crippen LogP contribution in [0.2, 0.25) is 10.0 Å². The van der Waals surface area contributed by atoms with Crippen LogP contribution in [0.4, 0.5) is 0 Å². The number of hydrogen-bond acceptors (Lipinski definition) is 1. The summed E-state index contributed by atoms with van der Waals surface area (Å²) in [6.07, 6.45) is 0.